The van der Waals surface area contributed by atoms with Crippen LogP contribution in [0.15, 0.2) is 21.9 Å². The third-order valence-corrected chi connectivity index (χ3v) is 6.76. The van der Waals surface area contributed by atoms with Crippen molar-refractivity contribution in [1.82, 2.24) is 15.2 Å². The van der Waals surface area contributed by atoms with Crippen LogP contribution in [-0.2, 0) is 10.2 Å². The number of thiazole rings is 1. The molecule has 6 nitrogen and oxygen atoms in total. The number of amides is 1. The van der Waals surface area contributed by atoms with Gasteiger partial charge in [-0.1, -0.05) is 24.0 Å². The second-order valence-electron chi connectivity index (χ2n) is 6.28. The van der Waals surface area contributed by atoms with E-state index < -0.39 is 5.41 Å². The van der Waals surface area contributed by atoms with Gasteiger partial charge < -0.3 is 4.42 Å². The Kier molecular flexibility index (Phi) is 4.16. The Morgan fingerprint density at radius 1 is 1.28 bits per heavy atom. The molecule has 1 amide bonds. The van der Waals surface area contributed by atoms with Gasteiger partial charge in [-0.3, -0.25) is 10.1 Å². The molecule has 3 aromatic heterocycles. The lowest BCUT2D eigenvalue weighted by Crippen LogP contribution is -2.37. The summed E-state index contributed by atoms with van der Waals surface area (Å²) in [5.41, 5.74) is 0.384. The smallest absolute Gasteiger partial charge is 0.322 e. The average molecular weight is 374 g/mol. The van der Waals surface area contributed by atoms with Gasteiger partial charge in [-0.2, -0.15) is 0 Å². The molecule has 0 aliphatic heterocycles. The summed E-state index contributed by atoms with van der Waals surface area (Å²) in [5.74, 6) is 0.342. The Bertz CT molecular complexity index is 892. The van der Waals surface area contributed by atoms with Crippen molar-refractivity contribution in [2.75, 3.05) is 5.32 Å². The van der Waals surface area contributed by atoms with E-state index in [2.05, 4.69) is 20.5 Å². The molecule has 1 aliphatic rings. The van der Waals surface area contributed by atoms with Crippen molar-refractivity contribution in [3.05, 3.63) is 33.1 Å². The topological polar surface area (TPSA) is 80.9 Å². The van der Waals surface area contributed by atoms with Gasteiger partial charge in [0.1, 0.15) is 4.88 Å². The van der Waals surface area contributed by atoms with Crippen molar-refractivity contribution < 1.29 is 9.21 Å². The van der Waals surface area contributed by atoms with E-state index in [0.29, 0.717) is 5.89 Å². The molecule has 0 saturated heterocycles. The Morgan fingerprint density at radius 2 is 2.08 bits per heavy atom. The second kappa shape index (κ2) is 6.34. The van der Waals surface area contributed by atoms with Crippen molar-refractivity contribution in [1.29, 1.82) is 0 Å². The van der Waals surface area contributed by atoms with Crippen LogP contribution >= 0.6 is 22.7 Å². The van der Waals surface area contributed by atoms with Crippen molar-refractivity contribution in [3.8, 4) is 10.8 Å². The molecule has 4 rings (SSSR count). The van der Waals surface area contributed by atoms with Gasteiger partial charge >= 0.3 is 6.01 Å². The molecule has 1 saturated carbocycles. The van der Waals surface area contributed by atoms with Gasteiger partial charge in [0.15, 0.2) is 0 Å². The summed E-state index contributed by atoms with van der Waals surface area (Å²) < 4.78 is 5.68. The molecular weight excluding hydrogens is 356 g/mol. The molecule has 1 fully saturated rings. The maximum absolute atomic E-state index is 13.0. The number of nitrogens with one attached hydrogen (secondary N) is 1. The monoisotopic (exact) mass is 374 g/mol. The largest absolute Gasteiger partial charge is 0.402 e. The normalized spacial score (nSPS) is 16.2. The minimum Gasteiger partial charge on any atom is -0.402 e. The second-order valence-corrected chi connectivity index (χ2v) is 8.43. The third kappa shape index (κ3) is 2.89. The number of rotatable bonds is 4. The molecule has 0 unspecified atom stereocenters. The van der Waals surface area contributed by atoms with E-state index in [1.54, 1.807) is 11.3 Å². The standard InChI is InChI=1S/C17H18N4O2S2/c1-10-13(25-11(2)18-10)14-20-21-16(23-14)19-15(22)17(7-3-4-8-17)12-6-5-9-24-12/h5-6,9H,3-4,7-8H2,1-2H3,(H,19,21,22). The van der Waals surface area contributed by atoms with E-state index >= 15 is 0 Å². The first kappa shape index (κ1) is 16.4. The minimum absolute atomic E-state index is 0.0557. The van der Waals surface area contributed by atoms with E-state index in [-0.39, 0.29) is 11.9 Å². The van der Waals surface area contributed by atoms with Crippen LogP contribution in [0.4, 0.5) is 6.01 Å². The zero-order valence-corrected chi connectivity index (χ0v) is 15.7. The summed E-state index contributed by atoms with van der Waals surface area (Å²) in [4.78, 5) is 19.3. The van der Waals surface area contributed by atoms with E-state index in [9.17, 15) is 4.79 Å². The van der Waals surface area contributed by atoms with Crippen molar-refractivity contribution >= 4 is 34.6 Å². The van der Waals surface area contributed by atoms with Gasteiger partial charge in [0.25, 0.3) is 5.89 Å². The number of nitrogens with zero attached hydrogens (tertiary/aromatic N) is 3. The molecule has 3 heterocycles. The Labute approximate surface area is 153 Å². The minimum atomic E-state index is -0.472. The molecule has 0 bridgehead atoms. The molecule has 1 N–H and O–H groups in total. The molecule has 25 heavy (non-hydrogen) atoms. The summed E-state index contributed by atoms with van der Waals surface area (Å²) in [6.45, 7) is 3.84. The number of aryl methyl sites for hydroxylation is 2. The zero-order chi connectivity index (χ0) is 17.4. The van der Waals surface area contributed by atoms with Crippen LogP contribution < -0.4 is 5.32 Å². The quantitative estimate of drug-likeness (QED) is 0.735. The van der Waals surface area contributed by atoms with Crippen LogP contribution in [0.2, 0.25) is 0 Å². The SMILES string of the molecule is Cc1nc(C)c(-c2nnc(NC(=O)C3(c4cccs4)CCCC3)o2)s1. The van der Waals surface area contributed by atoms with Gasteiger partial charge in [0.05, 0.1) is 16.1 Å². The molecule has 0 spiro atoms. The fraction of sp³-hybridized carbons (Fsp3) is 0.412. The highest BCUT2D eigenvalue weighted by molar-refractivity contribution is 7.15. The Morgan fingerprint density at radius 3 is 2.72 bits per heavy atom. The van der Waals surface area contributed by atoms with E-state index in [4.69, 9.17) is 4.42 Å². The van der Waals surface area contributed by atoms with Crippen LogP contribution in [0.25, 0.3) is 10.8 Å². The first-order valence-electron chi connectivity index (χ1n) is 8.22. The van der Waals surface area contributed by atoms with Crippen molar-refractivity contribution in [2.24, 2.45) is 0 Å². The fourth-order valence-electron chi connectivity index (χ4n) is 3.43. The highest BCUT2D eigenvalue weighted by Crippen LogP contribution is 2.44. The lowest BCUT2D eigenvalue weighted by Gasteiger charge is -2.25. The maximum Gasteiger partial charge on any atom is 0.322 e. The summed E-state index contributed by atoms with van der Waals surface area (Å²) >= 11 is 3.13. The zero-order valence-electron chi connectivity index (χ0n) is 14.0. The number of aromatic nitrogens is 3. The first-order valence-corrected chi connectivity index (χ1v) is 9.91. The van der Waals surface area contributed by atoms with Crippen LogP contribution in [0.1, 0.15) is 41.3 Å². The molecule has 1 aliphatic carbocycles. The average Bonchev–Trinajstić information content (AvgIpc) is 3.34. The maximum atomic E-state index is 13.0. The number of thiophene rings is 1. The number of carbonyl (C=O) groups is 1. The predicted octanol–water partition coefficient (Wildman–Crippen LogP) is 4.32. The molecule has 8 heteroatoms. The molecule has 0 radical (unpaired) electrons. The van der Waals surface area contributed by atoms with Gasteiger partial charge in [0, 0.05) is 4.88 Å². The molecule has 3 aromatic rings. The number of hydrogen-bond acceptors (Lipinski definition) is 7. The number of hydrogen-bond donors (Lipinski definition) is 1. The van der Waals surface area contributed by atoms with E-state index in [1.807, 2.05) is 31.4 Å². The van der Waals surface area contributed by atoms with E-state index in [0.717, 1.165) is 46.1 Å². The summed E-state index contributed by atoms with van der Waals surface area (Å²) in [6, 6.07) is 4.18. The number of carbonyl (C=O) groups excluding carboxylic acids is 1. The lowest BCUT2D eigenvalue weighted by atomic mass is 9.83. The summed E-state index contributed by atoms with van der Waals surface area (Å²) in [7, 11) is 0. The van der Waals surface area contributed by atoms with Crippen LogP contribution in [0, 0.1) is 13.8 Å². The van der Waals surface area contributed by atoms with Crippen LogP contribution in [0.3, 0.4) is 0 Å². The summed E-state index contributed by atoms with van der Waals surface area (Å²) in [5, 5.41) is 13.9. The highest BCUT2D eigenvalue weighted by atomic mass is 32.1. The Hall–Kier alpha value is -2.06. The van der Waals surface area contributed by atoms with Crippen LogP contribution in [0.5, 0.6) is 0 Å². The van der Waals surface area contributed by atoms with Gasteiger partial charge in [-0.15, -0.1) is 27.8 Å². The van der Waals surface area contributed by atoms with Crippen molar-refractivity contribution in [2.45, 2.75) is 44.9 Å². The Balaban J connectivity index is 1.58. The molecule has 130 valence electrons. The highest BCUT2D eigenvalue weighted by Gasteiger charge is 2.44. The molecular formula is C17H18N4O2S2. The summed E-state index contributed by atoms with van der Waals surface area (Å²) in [6.07, 6.45) is 3.82. The van der Waals surface area contributed by atoms with E-state index in [1.165, 1.54) is 11.3 Å². The number of anilines is 1. The van der Waals surface area contributed by atoms with Gasteiger partial charge in [0.2, 0.25) is 5.91 Å². The third-order valence-electron chi connectivity index (χ3n) is 4.63. The lowest BCUT2D eigenvalue weighted by molar-refractivity contribution is -0.121. The predicted molar refractivity (Wildman–Crippen MR) is 98.0 cm³/mol. The molecule has 0 aromatic carbocycles. The van der Waals surface area contributed by atoms with Crippen LogP contribution in [-0.4, -0.2) is 21.1 Å². The first-order chi connectivity index (χ1) is 12.1. The van der Waals surface area contributed by atoms with Gasteiger partial charge in [-0.25, -0.2) is 4.98 Å². The van der Waals surface area contributed by atoms with Crippen molar-refractivity contribution in [3.63, 3.8) is 0 Å². The molecule has 0 atom stereocenters. The fourth-order valence-corrected chi connectivity index (χ4v) is 5.25. The van der Waals surface area contributed by atoms with Gasteiger partial charge in [-0.05, 0) is 38.1 Å².